The number of para-hydroxylation sites is 1. The van der Waals surface area contributed by atoms with Crippen LogP contribution in [-0.4, -0.2) is 13.1 Å². The molecule has 2 amide bonds. The van der Waals surface area contributed by atoms with Crippen molar-refractivity contribution in [1.82, 2.24) is 10.6 Å². The maximum Gasteiger partial charge on any atom is 0.319 e. The van der Waals surface area contributed by atoms with Crippen LogP contribution in [0.2, 0.25) is 0 Å². The van der Waals surface area contributed by atoms with Crippen LogP contribution in [0.1, 0.15) is 11.1 Å². The number of amides is 2. The van der Waals surface area contributed by atoms with E-state index in [2.05, 4.69) is 26.6 Å². The minimum Gasteiger partial charge on any atom is -0.496 e. The first-order chi connectivity index (χ1) is 10.7. The Morgan fingerprint density at radius 3 is 2.64 bits per heavy atom. The van der Waals surface area contributed by atoms with Gasteiger partial charge in [-0.25, -0.2) is 4.79 Å². The summed E-state index contributed by atoms with van der Waals surface area (Å²) in [5.74, 6) is 0.758. The van der Waals surface area contributed by atoms with E-state index in [1.807, 2.05) is 54.6 Å². The van der Waals surface area contributed by atoms with E-state index >= 15 is 0 Å². The highest BCUT2D eigenvalue weighted by molar-refractivity contribution is 9.10. The van der Waals surface area contributed by atoms with E-state index in [1.54, 1.807) is 13.3 Å². The molecule has 2 N–H and O–H groups in total. The molecule has 0 spiro atoms. The molecule has 4 nitrogen and oxygen atoms in total. The van der Waals surface area contributed by atoms with Crippen molar-refractivity contribution in [2.75, 3.05) is 7.11 Å². The van der Waals surface area contributed by atoms with E-state index in [0.717, 1.165) is 21.3 Å². The zero-order chi connectivity index (χ0) is 15.8. The van der Waals surface area contributed by atoms with Gasteiger partial charge in [-0.1, -0.05) is 46.3 Å². The van der Waals surface area contributed by atoms with Crippen molar-refractivity contribution in [3.05, 3.63) is 70.3 Å². The fourth-order valence-corrected chi connectivity index (χ4v) is 2.13. The molecule has 0 atom stereocenters. The molecule has 22 heavy (non-hydrogen) atoms. The largest absolute Gasteiger partial charge is 0.496 e. The highest BCUT2D eigenvalue weighted by atomic mass is 79.9. The Hall–Kier alpha value is -2.27. The molecule has 0 aliphatic heterocycles. The second-order valence-electron chi connectivity index (χ2n) is 4.52. The van der Waals surface area contributed by atoms with Gasteiger partial charge in [0.15, 0.2) is 0 Å². The van der Waals surface area contributed by atoms with Crippen LogP contribution in [-0.2, 0) is 6.54 Å². The Labute approximate surface area is 138 Å². The predicted octanol–water partition coefficient (Wildman–Crippen LogP) is 3.93. The lowest BCUT2D eigenvalue weighted by Gasteiger charge is -2.09. The van der Waals surface area contributed by atoms with E-state index in [0.29, 0.717) is 6.54 Å². The van der Waals surface area contributed by atoms with Gasteiger partial charge in [-0.15, -0.1) is 0 Å². The van der Waals surface area contributed by atoms with E-state index < -0.39 is 0 Å². The molecule has 2 aromatic carbocycles. The number of nitrogens with one attached hydrogen (secondary N) is 2. The number of ether oxygens (including phenoxy) is 1. The molecule has 2 aromatic rings. The van der Waals surface area contributed by atoms with Crippen molar-refractivity contribution >= 4 is 28.0 Å². The number of benzene rings is 2. The molecular weight excluding hydrogens is 344 g/mol. The fraction of sp³-hybridized carbons (Fsp3) is 0.118. The van der Waals surface area contributed by atoms with Gasteiger partial charge in [-0.2, -0.15) is 0 Å². The molecule has 0 aromatic heterocycles. The summed E-state index contributed by atoms with van der Waals surface area (Å²) in [4.78, 5) is 11.7. The summed E-state index contributed by atoms with van der Waals surface area (Å²) in [7, 11) is 1.61. The zero-order valence-electron chi connectivity index (χ0n) is 12.2. The average Bonchev–Trinajstić information content (AvgIpc) is 2.55. The highest BCUT2D eigenvalue weighted by Crippen LogP contribution is 2.16. The SMILES string of the molecule is COc1ccccc1CNC(=O)N/C=C/c1ccc(Br)cc1. The molecule has 0 unspecified atom stereocenters. The number of rotatable bonds is 5. The van der Waals surface area contributed by atoms with Crippen molar-refractivity contribution in [2.24, 2.45) is 0 Å². The summed E-state index contributed by atoms with van der Waals surface area (Å²) in [5, 5.41) is 5.45. The molecule has 0 fully saturated rings. The third kappa shape index (κ3) is 4.93. The normalized spacial score (nSPS) is 10.5. The summed E-state index contributed by atoms with van der Waals surface area (Å²) >= 11 is 3.38. The minimum atomic E-state index is -0.265. The van der Waals surface area contributed by atoms with Crippen LogP contribution in [0.4, 0.5) is 4.79 Å². The van der Waals surface area contributed by atoms with Crippen molar-refractivity contribution < 1.29 is 9.53 Å². The Bertz CT molecular complexity index is 654. The van der Waals surface area contributed by atoms with Crippen LogP contribution in [0.25, 0.3) is 6.08 Å². The smallest absolute Gasteiger partial charge is 0.319 e. The van der Waals surface area contributed by atoms with Crippen LogP contribution in [0.5, 0.6) is 5.75 Å². The third-order valence-electron chi connectivity index (χ3n) is 2.99. The molecule has 5 heteroatoms. The van der Waals surface area contributed by atoms with Gasteiger partial charge >= 0.3 is 6.03 Å². The van der Waals surface area contributed by atoms with Crippen LogP contribution in [0.15, 0.2) is 59.2 Å². The first kappa shape index (κ1) is 16.1. The standard InChI is InChI=1S/C17H17BrN2O2/c1-22-16-5-3-2-4-14(16)12-20-17(21)19-11-10-13-6-8-15(18)9-7-13/h2-11H,12H2,1H3,(H2,19,20,21)/b11-10+. The van der Waals surface area contributed by atoms with Gasteiger partial charge in [0.2, 0.25) is 0 Å². The Kier molecular flexibility index (Phi) is 6.03. The van der Waals surface area contributed by atoms with Crippen LogP contribution < -0.4 is 15.4 Å². The molecule has 0 saturated carbocycles. The zero-order valence-corrected chi connectivity index (χ0v) is 13.8. The summed E-state index contributed by atoms with van der Waals surface area (Å²) in [6.07, 6.45) is 3.44. The minimum absolute atomic E-state index is 0.265. The Morgan fingerprint density at radius 1 is 1.18 bits per heavy atom. The summed E-state index contributed by atoms with van der Waals surface area (Å²) in [6, 6.07) is 15.1. The predicted molar refractivity (Wildman–Crippen MR) is 91.5 cm³/mol. The van der Waals surface area contributed by atoms with Gasteiger partial charge in [0.1, 0.15) is 5.75 Å². The van der Waals surface area contributed by atoms with Crippen LogP contribution >= 0.6 is 15.9 Å². The number of carbonyl (C=O) groups is 1. The van der Waals surface area contributed by atoms with Gasteiger partial charge < -0.3 is 15.4 Å². The average molecular weight is 361 g/mol. The number of halogens is 1. The lowest BCUT2D eigenvalue weighted by molar-refractivity contribution is 0.243. The van der Waals surface area contributed by atoms with Gasteiger partial charge in [-0.3, -0.25) is 0 Å². The quantitative estimate of drug-likeness (QED) is 0.848. The summed E-state index contributed by atoms with van der Waals surface area (Å²) < 4.78 is 6.26. The van der Waals surface area contributed by atoms with Crippen molar-refractivity contribution in [3.8, 4) is 5.75 Å². The first-order valence-electron chi connectivity index (χ1n) is 6.77. The molecule has 2 rings (SSSR count). The van der Waals surface area contributed by atoms with E-state index in [1.165, 1.54) is 0 Å². The lowest BCUT2D eigenvalue weighted by atomic mass is 10.2. The van der Waals surface area contributed by atoms with Crippen LogP contribution in [0, 0.1) is 0 Å². The summed E-state index contributed by atoms with van der Waals surface area (Å²) in [6.45, 7) is 0.405. The first-order valence-corrected chi connectivity index (χ1v) is 7.56. The summed E-state index contributed by atoms with van der Waals surface area (Å²) in [5.41, 5.74) is 1.94. The highest BCUT2D eigenvalue weighted by Gasteiger charge is 2.03. The monoisotopic (exact) mass is 360 g/mol. The van der Waals surface area contributed by atoms with E-state index in [9.17, 15) is 4.79 Å². The van der Waals surface area contributed by atoms with Gasteiger partial charge in [0, 0.05) is 22.8 Å². The number of hydrogen-bond donors (Lipinski definition) is 2. The number of urea groups is 1. The van der Waals surface area contributed by atoms with E-state index in [4.69, 9.17) is 4.74 Å². The molecule has 0 aliphatic rings. The molecule has 0 aliphatic carbocycles. The van der Waals surface area contributed by atoms with Gasteiger partial charge in [0.05, 0.1) is 7.11 Å². The van der Waals surface area contributed by atoms with Crippen LogP contribution in [0.3, 0.4) is 0 Å². The molecule has 0 saturated heterocycles. The molecule has 0 radical (unpaired) electrons. The Balaban J connectivity index is 1.82. The fourth-order valence-electron chi connectivity index (χ4n) is 1.86. The van der Waals surface area contributed by atoms with Crippen molar-refractivity contribution in [1.29, 1.82) is 0 Å². The molecule has 114 valence electrons. The second-order valence-corrected chi connectivity index (χ2v) is 5.44. The molecule has 0 bridgehead atoms. The molecule has 0 heterocycles. The van der Waals surface area contributed by atoms with Crippen molar-refractivity contribution in [2.45, 2.75) is 6.54 Å². The van der Waals surface area contributed by atoms with E-state index in [-0.39, 0.29) is 6.03 Å². The van der Waals surface area contributed by atoms with Gasteiger partial charge in [0.25, 0.3) is 0 Å². The number of carbonyl (C=O) groups excluding carboxylic acids is 1. The van der Waals surface area contributed by atoms with Crippen molar-refractivity contribution in [3.63, 3.8) is 0 Å². The maximum absolute atomic E-state index is 11.7. The second kappa shape index (κ2) is 8.24. The Morgan fingerprint density at radius 2 is 1.91 bits per heavy atom. The maximum atomic E-state index is 11.7. The lowest BCUT2D eigenvalue weighted by Crippen LogP contribution is -2.31. The van der Waals surface area contributed by atoms with Gasteiger partial charge in [-0.05, 0) is 29.8 Å². The number of hydrogen-bond acceptors (Lipinski definition) is 2. The number of methoxy groups -OCH3 is 1. The molecular formula is C17H17BrN2O2. The topological polar surface area (TPSA) is 50.4 Å². The third-order valence-corrected chi connectivity index (χ3v) is 3.52.